The van der Waals surface area contributed by atoms with Crippen LogP contribution in [0.25, 0.3) is 66.7 Å². The molecule has 0 saturated carbocycles. The van der Waals surface area contributed by atoms with Gasteiger partial charge in [0.2, 0.25) is 0 Å². The number of hydrogen-bond acceptors (Lipinski definition) is 3. The normalized spacial score (nSPS) is 13.8. The van der Waals surface area contributed by atoms with Crippen molar-refractivity contribution in [2.45, 2.75) is 71.1 Å². The van der Waals surface area contributed by atoms with Crippen LogP contribution in [0, 0.1) is 37.6 Å². The van der Waals surface area contributed by atoms with Crippen molar-refractivity contribution < 1.29 is 37.1 Å². The molecule has 0 saturated heterocycles. The minimum atomic E-state index is -2.34. The standard InChI is InChI=1S/C29H23N2O.C19H25FGeN.Ir/c1-18(2)31-26-10-5-4-9-25(26)30-29(31)23-8-6-7-22-24-17-21(15-16-27(24)32-28(22)23)20-13-11-19(3)12-14-20;1-13(2)9-15-11-19(22-12-18(15)21(4,5)6)16-8-7-14(3)10-17(16)20;/h4-7,9-18H,1-3H3;7,10-13H,9H2,1-6H3;/q2*-1;/i2*3D3;. The van der Waals surface area contributed by atoms with Gasteiger partial charge in [-0.05, 0) is 56.1 Å². The average Bonchev–Trinajstić information content (AvgIpc) is 3.75. The van der Waals surface area contributed by atoms with Crippen molar-refractivity contribution in [2.75, 3.05) is 0 Å². The van der Waals surface area contributed by atoms with Gasteiger partial charge in [-0.25, -0.2) is 0 Å². The zero-order valence-corrected chi connectivity index (χ0v) is 36.6. The van der Waals surface area contributed by atoms with E-state index in [4.69, 9.17) is 17.6 Å². The summed E-state index contributed by atoms with van der Waals surface area (Å²) in [5, 5.41) is 2.00. The Hall–Kier alpha value is -4.36. The van der Waals surface area contributed by atoms with Gasteiger partial charge in [0.15, 0.2) is 0 Å². The predicted octanol–water partition coefficient (Wildman–Crippen LogP) is 12.7. The van der Waals surface area contributed by atoms with E-state index >= 15 is 0 Å². The van der Waals surface area contributed by atoms with Gasteiger partial charge in [0.1, 0.15) is 5.58 Å². The van der Waals surface area contributed by atoms with E-state index in [9.17, 15) is 4.39 Å². The van der Waals surface area contributed by atoms with Crippen LogP contribution in [0.15, 0.2) is 108 Å². The maximum Gasteiger partial charge on any atom is 0.120 e. The van der Waals surface area contributed by atoms with Gasteiger partial charge >= 0.3 is 140 Å². The minimum absolute atomic E-state index is 0. The Balaban J connectivity index is 0.000000213. The van der Waals surface area contributed by atoms with E-state index in [0.717, 1.165) is 68.0 Å². The van der Waals surface area contributed by atoms with E-state index in [-0.39, 0.29) is 37.3 Å². The third-order valence-electron chi connectivity index (χ3n) is 9.56. The molecule has 7 heteroatoms. The number of furan rings is 1. The van der Waals surface area contributed by atoms with Crippen molar-refractivity contribution in [3.63, 3.8) is 0 Å². The molecular weight excluding hydrogens is 918 g/mol. The second-order valence-corrected chi connectivity index (χ2v) is 26.1. The topological polar surface area (TPSA) is 43.9 Å². The van der Waals surface area contributed by atoms with Crippen molar-refractivity contribution in [2.24, 2.45) is 5.92 Å². The molecule has 8 aromatic rings. The molecule has 55 heavy (non-hydrogen) atoms. The first-order valence-corrected chi connectivity index (χ1v) is 25.7. The molecule has 0 spiro atoms. The summed E-state index contributed by atoms with van der Waals surface area (Å²) < 4.78 is 69.4. The summed E-state index contributed by atoms with van der Waals surface area (Å²) in [6.45, 7) is 4.19. The van der Waals surface area contributed by atoms with Crippen LogP contribution < -0.4 is 4.40 Å². The second-order valence-electron chi connectivity index (χ2n) is 15.6. The summed E-state index contributed by atoms with van der Waals surface area (Å²) in [4.78, 5) is 9.41. The van der Waals surface area contributed by atoms with Gasteiger partial charge in [-0.15, -0.1) is 18.2 Å². The number of para-hydroxylation sites is 2. The number of imidazole rings is 1. The molecule has 1 radical (unpaired) electrons. The first-order chi connectivity index (χ1) is 28.2. The molecule has 0 bridgehead atoms. The van der Waals surface area contributed by atoms with Crippen molar-refractivity contribution in [3.05, 3.63) is 138 Å². The molecule has 5 aromatic carbocycles. The summed E-state index contributed by atoms with van der Waals surface area (Å²) in [5.74, 6) is 7.69. The molecule has 0 aliphatic carbocycles. The molecule has 0 N–H and O–H groups in total. The molecule has 0 fully saturated rings. The Labute approximate surface area is 349 Å². The Kier molecular flexibility index (Phi) is 9.79. The van der Waals surface area contributed by atoms with E-state index in [0.29, 0.717) is 17.2 Å². The van der Waals surface area contributed by atoms with Crippen LogP contribution >= 0.6 is 0 Å². The zero-order valence-electron chi connectivity index (χ0n) is 38.1. The first-order valence-electron chi connectivity index (χ1n) is 21.4. The number of nitrogens with zero attached hydrogens (tertiary/aromatic N) is 3. The maximum atomic E-state index is 14.5. The van der Waals surface area contributed by atoms with Crippen molar-refractivity contribution in [1.82, 2.24) is 14.5 Å². The molecule has 283 valence electrons. The fourth-order valence-corrected chi connectivity index (χ4v) is 10.4. The number of fused-ring (bicyclic) bond motifs is 4. The van der Waals surface area contributed by atoms with Crippen LogP contribution in [0.4, 0.5) is 4.39 Å². The summed E-state index contributed by atoms with van der Waals surface area (Å²) >= 11 is -2.08. The summed E-state index contributed by atoms with van der Waals surface area (Å²) in [6, 6.07) is 36.0. The van der Waals surface area contributed by atoms with E-state index in [1.807, 2.05) is 66.9 Å². The van der Waals surface area contributed by atoms with Gasteiger partial charge in [0.05, 0.1) is 22.4 Å². The molecule has 3 heterocycles. The monoisotopic (exact) mass is 974 g/mol. The fraction of sp³-hybridized carbons (Fsp3) is 0.250. The third kappa shape index (κ3) is 8.43. The van der Waals surface area contributed by atoms with Gasteiger partial charge in [-0.3, -0.25) is 4.98 Å². The Bertz CT molecular complexity index is 2840. The second kappa shape index (κ2) is 16.4. The van der Waals surface area contributed by atoms with Gasteiger partial charge in [0, 0.05) is 35.6 Å². The van der Waals surface area contributed by atoms with Crippen molar-refractivity contribution in [1.29, 1.82) is 0 Å². The molecule has 4 nitrogen and oxygen atoms in total. The molecular formula is C48H48FGeIrN3O-2. The fourth-order valence-electron chi connectivity index (χ4n) is 7.08. The number of pyridine rings is 1. The number of aromatic nitrogens is 3. The van der Waals surface area contributed by atoms with Crippen LogP contribution in [0.2, 0.25) is 17.3 Å². The Morgan fingerprint density at radius 1 is 0.836 bits per heavy atom. The summed E-state index contributed by atoms with van der Waals surface area (Å²) in [5.41, 5.74) is 8.63. The Morgan fingerprint density at radius 2 is 1.58 bits per heavy atom. The van der Waals surface area contributed by atoms with E-state index in [2.05, 4.69) is 78.8 Å². The summed E-state index contributed by atoms with van der Waals surface area (Å²) in [7, 11) is 0. The smallest absolute Gasteiger partial charge is 0.120 e. The molecule has 8 rings (SSSR count). The molecule has 0 atom stereocenters. The SMILES string of the molecule is [2H]C([2H])([2H])c1c[c-]c(-c2cc(CC(C)C)[c]([Ge]([CH3])([CH3])[CH3])cn2)c(F)c1.[2H]C([2H])([2H])c1ccc(-c2ccc3oc4c(-c5nc6ccccc6n5C(C)C)[c-]ccc4c3c2)cc1.[Ir]. The average molecular weight is 973 g/mol. The number of halogens is 1. The molecule has 0 aliphatic heterocycles. The number of rotatable bonds is 7. The zero-order chi connectivity index (χ0) is 43.3. The van der Waals surface area contributed by atoms with Crippen LogP contribution in [0.3, 0.4) is 0 Å². The minimum Gasteiger partial charge on any atom is -0.501 e. The van der Waals surface area contributed by atoms with E-state index in [1.54, 1.807) is 12.1 Å². The van der Waals surface area contributed by atoms with Gasteiger partial charge in [-0.1, -0.05) is 59.0 Å². The largest absolute Gasteiger partial charge is 0.501 e. The van der Waals surface area contributed by atoms with Crippen LogP contribution in [0.1, 0.15) is 58.7 Å². The van der Waals surface area contributed by atoms with Crippen LogP contribution in [-0.2, 0) is 26.5 Å². The van der Waals surface area contributed by atoms with E-state index in [1.165, 1.54) is 16.0 Å². The summed E-state index contributed by atoms with van der Waals surface area (Å²) in [6.07, 6.45) is 2.81. The Morgan fingerprint density at radius 3 is 2.27 bits per heavy atom. The van der Waals surface area contributed by atoms with Crippen LogP contribution in [0.5, 0.6) is 0 Å². The molecule has 0 aliphatic rings. The first kappa shape index (κ1) is 32.8. The van der Waals surface area contributed by atoms with Crippen molar-refractivity contribution >= 4 is 50.6 Å². The van der Waals surface area contributed by atoms with Gasteiger partial charge in [0.25, 0.3) is 0 Å². The number of benzene rings is 5. The van der Waals surface area contributed by atoms with Gasteiger partial charge < -0.3 is 8.98 Å². The molecule has 0 amide bonds. The molecule has 3 aromatic heterocycles. The third-order valence-corrected chi connectivity index (χ3v) is 13.9. The number of hydrogen-bond donors (Lipinski definition) is 0. The quantitative estimate of drug-likeness (QED) is 0.118. The van der Waals surface area contributed by atoms with Crippen LogP contribution in [-0.4, -0.2) is 27.8 Å². The van der Waals surface area contributed by atoms with E-state index < -0.39 is 32.8 Å². The van der Waals surface area contributed by atoms with Crippen molar-refractivity contribution in [3.8, 4) is 33.8 Å². The predicted molar refractivity (Wildman–Crippen MR) is 227 cm³/mol. The number of aryl methyl sites for hydroxylation is 2. The van der Waals surface area contributed by atoms with Gasteiger partial charge in [-0.2, -0.15) is 0 Å². The maximum absolute atomic E-state index is 14.5. The molecule has 0 unspecified atom stereocenters.